The van der Waals surface area contributed by atoms with E-state index in [1.165, 1.54) is 0 Å². The summed E-state index contributed by atoms with van der Waals surface area (Å²) in [4.78, 5) is 12.2. The summed E-state index contributed by atoms with van der Waals surface area (Å²) in [5.41, 5.74) is 9.89. The van der Waals surface area contributed by atoms with Crippen molar-refractivity contribution in [2.45, 2.75) is 70.3 Å². The lowest BCUT2D eigenvalue weighted by Crippen LogP contribution is -2.61. The standard InChI is InChI=1S/C38H43NO6/c1-28(38(39)40)22-33-35(42-24-30-16-8-3-9-17-30)37(44-26-32-20-12-5-13-21-32)36(43-25-31-18-10-4-11-19-31)34(45-33)27-41-23-29-14-6-2-7-15-29/h2-21,28,33-37H,22-27H2,1H3,(H2,39,40)/t28?,33-,34-,35+,36-,37-/m1/s1. The van der Waals surface area contributed by atoms with E-state index in [1.807, 2.05) is 128 Å². The number of hydrogen-bond donors (Lipinski definition) is 1. The first-order chi connectivity index (χ1) is 22.1. The molecule has 0 spiro atoms. The lowest BCUT2D eigenvalue weighted by Gasteiger charge is -2.46. The molecule has 0 aliphatic carbocycles. The molecule has 236 valence electrons. The summed E-state index contributed by atoms with van der Waals surface area (Å²) < 4.78 is 33.0. The maximum atomic E-state index is 12.2. The zero-order valence-electron chi connectivity index (χ0n) is 25.8. The molecule has 4 aromatic rings. The number of ether oxygens (including phenoxy) is 5. The van der Waals surface area contributed by atoms with Crippen molar-refractivity contribution in [2.75, 3.05) is 6.61 Å². The molecule has 7 heteroatoms. The SMILES string of the molecule is CC(C[C@H]1O[C@H](COCc2ccccc2)[C@@H](OCc2ccccc2)[C@H](OCc2ccccc2)[C@H]1OCc1ccccc1)C(N)=O. The van der Waals surface area contributed by atoms with Gasteiger partial charge < -0.3 is 29.4 Å². The molecular formula is C38H43NO6. The van der Waals surface area contributed by atoms with Gasteiger partial charge in [-0.05, 0) is 28.7 Å². The third-order valence-corrected chi connectivity index (χ3v) is 8.05. The molecule has 1 unspecified atom stereocenters. The van der Waals surface area contributed by atoms with Gasteiger partial charge >= 0.3 is 0 Å². The number of primary amides is 1. The lowest BCUT2D eigenvalue weighted by molar-refractivity contribution is -0.274. The van der Waals surface area contributed by atoms with Crippen LogP contribution in [0.1, 0.15) is 35.6 Å². The quantitative estimate of drug-likeness (QED) is 0.162. The van der Waals surface area contributed by atoms with Crippen molar-refractivity contribution in [1.29, 1.82) is 0 Å². The molecule has 6 atom stereocenters. The molecule has 7 nitrogen and oxygen atoms in total. The van der Waals surface area contributed by atoms with Crippen LogP contribution in [0.25, 0.3) is 0 Å². The molecule has 1 heterocycles. The van der Waals surface area contributed by atoms with Crippen molar-refractivity contribution >= 4 is 5.91 Å². The number of amides is 1. The van der Waals surface area contributed by atoms with Crippen molar-refractivity contribution in [3.05, 3.63) is 144 Å². The maximum Gasteiger partial charge on any atom is 0.220 e. The Hall–Kier alpha value is -3.85. The fourth-order valence-corrected chi connectivity index (χ4v) is 5.54. The number of nitrogens with two attached hydrogens (primary N) is 1. The number of carbonyl (C=O) groups is 1. The fourth-order valence-electron chi connectivity index (χ4n) is 5.54. The van der Waals surface area contributed by atoms with Gasteiger partial charge in [0.2, 0.25) is 5.91 Å². The minimum Gasteiger partial charge on any atom is -0.374 e. The number of rotatable bonds is 16. The van der Waals surface area contributed by atoms with E-state index in [0.717, 1.165) is 22.3 Å². The average molecular weight is 610 g/mol. The Morgan fingerprint density at radius 2 is 0.978 bits per heavy atom. The predicted octanol–water partition coefficient (Wildman–Crippen LogP) is 6.24. The maximum absolute atomic E-state index is 12.2. The van der Waals surface area contributed by atoms with Crippen LogP contribution in [-0.4, -0.2) is 43.0 Å². The molecule has 0 radical (unpaired) electrons. The van der Waals surface area contributed by atoms with Crippen molar-refractivity contribution < 1.29 is 28.5 Å². The van der Waals surface area contributed by atoms with Gasteiger partial charge in [0.15, 0.2) is 0 Å². The lowest BCUT2D eigenvalue weighted by atomic mass is 9.89. The molecule has 5 rings (SSSR count). The van der Waals surface area contributed by atoms with Crippen LogP contribution >= 0.6 is 0 Å². The zero-order valence-corrected chi connectivity index (χ0v) is 25.8. The summed E-state index contributed by atoms with van der Waals surface area (Å²) in [7, 11) is 0. The Balaban J connectivity index is 1.45. The Labute approximate surface area is 266 Å². The molecule has 1 aliphatic rings. The highest BCUT2D eigenvalue weighted by atomic mass is 16.6. The van der Waals surface area contributed by atoms with Crippen molar-refractivity contribution in [3.63, 3.8) is 0 Å². The van der Waals surface area contributed by atoms with Gasteiger partial charge in [0.05, 0.1) is 39.1 Å². The van der Waals surface area contributed by atoms with Crippen molar-refractivity contribution in [1.82, 2.24) is 0 Å². The molecular weight excluding hydrogens is 566 g/mol. The minimum atomic E-state index is -0.540. The van der Waals surface area contributed by atoms with Crippen molar-refractivity contribution in [3.8, 4) is 0 Å². The molecule has 0 aromatic heterocycles. The highest BCUT2D eigenvalue weighted by Gasteiger charge is 2.48. The largest absolute Gasteiger partial charge is 0.374 e. The Bertz CT molecular complexity index is 1410. The van der Waals surface area contributed by atoms with Crippen LogP contribution in [0.15, 0.2) is 121 Å². The first-order valence-corrected chi connectivity index (χ1v) is 15.6. The van der Waals surface area contributed by atoms with Gasteiger partial charge in [-0.3, -0.25) is 4.79 Å². The smallest absolute Gasteiger partial charge is 0.220 e. The van der Waals surface area contributed by atoms with Crippen LogP contribution in [0.3, 0.4) is 0 Å². The highest BCUT2D eigenvalue weighted by Crippen LogP contribution is 2.33. The molecule has 4 aromatic carbocycles. The first-order valence-electron chi connectivity index (χ1n) is 15.6. The summed E-state index contributed by atoms with van der Waals surface area (Å²) in [6.45, 7) is 3.59. The second kappa shape index (κ2) is 17.0. The summed E-state index contributed by atoms with van der Waals surface area (Å²) >= 11 is 0. The third-order valence-electron chi connectivity index (χ3n) is 8.05. The van der Waals surface area contributed by atoms with Crippen LogP contribution in [0.4, 0.5) is 0 Å². The molecule has 0 saturated carbocycles. The molecule has 0 bridgehead atoms. The molecule has 1 fully saturated rings. The van der Waals surface area contributed by atoms with E-state index in [4.69, 9.17) is 29.4 Å². The topological polar surface area (TPSA) is 89.2 Å². The Morgan fingerprint density at radius 1 is 0.600 bits per heavy atom. The van der Waals surface area contributed by atoms with Gasteiger partial charge in [-0.25, -0.2) is 0 Å². The van der Waals surface area contributed by atoms with Gasteiger partial charge in [-0.15, -0.1) is 0 Å². The molecule has 1 amide bonds. The first kappa shape index (κ1) is 32.5. The third kappa shape index (κ3) is 9.82. The number of hydrogen-bond acceptors (Lipinski definition) is 6. The van der Waals surface area contributed by atoms with Gasteiger partial charge in [-0.1, -0.05) is 128 Å². The van der Waals surface area contributed by atoms with Gasteiger partial charge in [0.1, 0.15) is 24.4 Å². The van der Waals surface area contributed by atoms with Gasteiger partial charge in [0.25, 0.3) is 0 Å². The monoisotopic (exact) mass is 609 g/mol. The predicted molar refractivity (Wildman–Crippen MR) is 173 cm³/mol. The van der Waals surface area contributed by atoms with E-state index in [2.05, 4.69) is 0 Å². The van der Waals surface area contributed by atoms with E-state index >= 15 is 0 Å². The molecule has 2 N–H and O–H groups in total. The normalized spacial score (nSPS) is 22.1. The van der Waals surface area contributed by atoms with E-state index in [1.54, 1.807) is 0 Å². The van der Waals surface area contributed by atoms with Crippen LogP contribution in [0.2, 0.25) is 0 Å². The van der Waals surface area contributed by atoms with Crippen molar-refractivity contribution in [2.24, 2.45) is 11.7 Å². The summed E-state index contributed by atoms with van der Waals surface area (Å²) in [5, 5.41) is 0. The van der Waals surface area contributed by atoms with Crippen LogP contribution < -0.4 is 5.73 Å². The van der Waals surface area contributed by atoms with Crippen LogP contribution in [-0.2, 0) is 54.9 Å². The van der Waals surface area contributed by atoms with Crippen LogP contribution in [0.5, 0.6) is 0 Å². The molecule has 1 saturated heterocycles. The Kier molecular flexibility index (Phi) is 12.3. The van der Waals surface area contributed by atoms with E-state index in [9.17, 15) is 4.79 Å². The zero-order chi connectivity index (χ0) is 31.3. The summed E-state index contributed by atoms with van der Waals surface area (Å²) in [6, 6.07) is 40.1. The van der Waals surface area contributed by atoms with E-state index < -0.39 is 36.4 Å². The van der Waals surface area contributed by atoms with E-state index in [0.29, 0.717) is 32.8 Å². The van der Waals surface area contributed by atoms with Crippen LogP contribution in [0, 0.1) is 5.92 Å². The summed E-state index contributed by atoms with van der Waals surface area (Å²) in [5.74, 6) is -0.818. The average Bonchev–Trinajstić information content (AvgIpc) is 3.08. The highest BCUT2D eigenvalue weighted by molar-refractivity contribution is 5.76. The summed E-state index contributed by atoms with van der Waals surface area (Å²) in [6.07, 6.45) is -2.19. The number of benzene rings is 4. The van der Waals surface area contributed by atoms with E-state index in [-0.39, 0.29) is 12.5 Å². The number of carbonyl (C=O) groups excluding carboxylic acids is 1. The second-order valence-corrected chi connectivity index (χ2v) is 11.5. The van der Waals surface area contributed by atoms with Gasteiger partial charge in [0, 0.05) is 5.92 Å². The minimum absolute atomic E-state index is 0.270. The Morgan fingerprint density at radius 3 is 1.40 bits per heavy atom. The second-order valence-electron chi connectivity index (χ2n) is 11.5. The van der Waals surface area contributed by atoms with Gasteiger partial charge in [-0.2, -0.15) is 0 Å². The molecule has 1 aliphatic heterocycles. The fraction of sp³-hybridized carbons (Fsp3) is 0.342. The molecule has 45 heavy (non-hydrogen) atoms.